The maximum atomic E-state index is 12.7. The van der Waals surface area contributed by atoms with E-state index in [9.17, 15) is 9.90 Å². The quantitative estimate of drug-likeness (QED) is 0.903. The minimum absolute atomic E-state index is 0.112. The molecule has 0 atom stereocenters. The van der Waals surface area contributed by atoms with E-state index in [0.29, 0.717) is 0 Å². The molecule has 0 saturated heterocycles. The maximum absolute atomic E-state index is 12.7. The highest BCUT2D eigenvalue weighted by molar-refractivity contribution is 5.90. The second-order valence-electron chi connectivity index (χ2n) is 7.30. The fourth-order valence-corrected chi connectivity index (χ4v) is 2.87. The highest BCUT2D eigenvalue weighted by Gasteiger charge is 2.54. The van der Waals surface area contributed by atoms with Crippen LogP contribution in [0.2, 0.25) is 0 Å². The van der Waals surface area contributed by atoms with Crippen molar-refractivity contribution >= 4 is 5.78 Å². The Morgan fingerprint density at radius 2 is 1.37 bits per heavy atom. The molecular formula is C17H26O2. The summed E-state index contributed by atoms with van der Waals surface area (Å²) in [5.41, 5.74) is -1.41. The molecule has 106 valence electrons. The molecular weight excluding hydrogens is 236 g/mol. The van der Waals surface area contributed by atoms with Gasteiger partial charge in [0.05, 0.1) is 0 Å². The zero-order chi connectivity index (χ0) is 14.9. The lowest BCUT2D eigenvalue weighted by molar-refractivity contribution is -0.170. The predicted molar refractivity (Wildman–Crippen MR) is 79.0 cm³/mol. The molecule has 0 heterocycles. The van der Waals surface area contributed by atoms with Crippen molar-refractivity contribution in [3.05, 3.63) is 35.9 Å². The number of ketones is 1. The summed E-state index contributed by atoms with van der Waals surface area (Å²) in [4.78, 5) is 12.7. The molecule has 0 unspecified atom stereocenters. The van der Waals surface area contributed by atoms with Gasteiger partial charge in [-0.25, -0.2) is 0 Å². The highest BCUT2D eigenvalue weighted by Crippen LogP contribution is 2.45. The average Bonchev–Trinajstić information content (AvgIpc) is 2.26. The van der Waals surface area contributed by atoms with Crippen LogP contribution in [0.15, 0.2) is 30.3 Å². The van der Waals surface area contributed by atoms with Crippen LogP contribution in [0.5, 0.6) is 0 Å². The summed E-state index contributed by atoms with van der Waals surface area (Å²) >= 11 is 0. The zero-order valence-electron chi connectivity index (χ0n) is 12.9. The van der Waals surface area contributed by atoms with Gasteiger partial charge in [0.2, 0.25) is 0 Å². The number of Topliss-reactive ketones (excluding diaryl/α,β-unsaturated/α-hetero) is 1. The van der Waals surface area contributed by atoms with Crippen molar-refractivity contribution in [2.75, 3.05) is 0 Å². The van der Waals surface area contributed by atoms with Crippen LogP contribution in [0.25, 0.3) is 0 Å². The normalized spacial score (nSPS) is 13.4. The number of carbonyl (C=O) groups is 1. The SMILES string of the molecule is CC(C)(C)C(O)(C(=O)Cc1ccccc1)C(C)(C)C. The number of carbonyl (C=O) groups excluding carboxylic acids is 1. The van der Waals surface area contributed by atoms with Gasteiger partial charge in [0, 0.05) is 6.42 Å². The van der Waals surface area contributed by atoms with Crippen molar-refractivity contribution < 1.29 is 9.90 Å². The van der Waals surface area contributed by atoms with E-state index < -0.39 is 16.4 Å². The van der Waals surface area contributed by atoms with Gasteiger partial charge in [-0.1, -0.05) is 71.9 Å². The van der Waals surface area contributed by atoms with E-state index in [4.69, 9.17) is 0 Å². The molecule has 1 N–H and O–H groups in total. The van der Waals surface area contributed by atoms with Gasteiger partial charge in [0.1, 0.15) is 5.60 Å². The molecule has 0 saturated carbocycles. The van der Waals surface area contributed by atoms with Gasteiger partial charge < -0.3 is 5.11 Å². The Morgan fingerprint density at radius 1 is 0.947 bits per heavy atom. The molecule has 2 heteroatoms. The molecule has 0 radical (unpaired) electrons. The van der Waals surface area contributed by atoms with Gasteiger partial charge in [0.25, 0.3) is 0 Å². The molecule has 1 aromatic rings. The van der Waals surface area contributed by atoms with Crippen LogP contribution in [-0.4, -0.2) is 16.5 Å². The average molecular weight is 262 g/mol. The topological polar surface area (TPSA) is 37.3 Å². The van der Waals surface area contributed by atoms with E-state index in [1.807, 2.05) is 71.9 Å². The molecule has 0 aliphatic heterocycles. The van der Waals surface area contributed by atoms with Crippen molar-refractivity contribution in [2.24, 2.45) is 10.8 Å². The van der Waals surface area contributed by atoms with Crippen LogP contribution >= 0.6 is 0 Å². The fraction of sp³-hybridized carbons (Fsp3) is 0.588. The third kappa shape index (κ3) is 3.06. The van der Waals surface area contributed by atoms with Gasteiger partial charge in [-0.2, -0.15) is 0 Å². The zero-order valence-corrected chi connectivity index (χ0v) is 12.9. The first-order valence-electron chi connectivity index (χ1n) is 6.80. The lowest BCUT2D eigenvalue weighted by atomic mass is 9.60. The Kier molecular flexibility index (Phi) is 4.26. The van der Waals surface area contributed by atoms with Gasteiger partial charge in [-0.15, -0.1) is 0 Å². The summed E-state index contributed by atoms with van der Waals surface area (Å²) in [6, 6.07) is 9.59. The van der Waals surface area contributed by atoms with Crippen molar-refractivity contribution in [3.63, 3.8) is 0 Å². The first-order chi connectivity index (χ1) is 8.50. The van der Waals surface area contributed by atoms with Crippen LogP contribution in [0.4, 0.5) is 0 Å². The first kappa shape index (κ1) is 15.9. The molecule has 1 rings (SSSR count). The van der Waals surface area contributed by atoms with Gasteiger partial charge in [0.15, 0.2) is 5.78 Å². The molecule has 0 fully saturated rings. The maximum Gasteiger partial charge on any atom is 0.169 e. The van der Waals surface area contributed by atoms with Crippen LogP contribution in [0.3, 0.4) is 0 Å². The summed E-state index contributed by atoms with van der Waals surface area (Å²) in [5, 5.41) is 11.1. The van der Waals surface area contributed by atoms with Gasteiger partial charge in [-0.05, 0) is 16.4 Å². The summed E-state index contributed by atoms with van der Waals surface area (Å²) in [7, 11) is 0. The Bertz CT molecular complexity index is 419. The lowest BCUT2D eigenvalue weighted by Crippen LogP contribution is -2.59. The summed E-state index contributed by atoms with van der Waals surface area (Å²) < 4.78 is 0. The first-order valence-corrected chi connectivity index (χ1v) is 6.80. The minimum Gasteiger partial charge on any atom is -0.381 e. The van der Waals surface area contributed by atoms with Crippen molar-refractivity contribution in [1.29, 1.82) is 0 Å². The van der Waals surface area contributed by atoms with E-state index in [-0.39, 0.29) is 12.2 Å². The molecule has 0 aliphatic carbocycles. The van der Waals surface area contributed by atoms with E-state index >= 15 is 0 Å². The fourth-order valence-electron chi connectivity index (χ4n) is 2.87. The van der Waals surface area contributed by atoms with Crippen LogP contribution in [0, 0.1) is 10.8 Å². The molecule has 2 nitrogen and oxygen atoms in total. The smallest absolute Gasteiger partial charge is 0.169 e. The van der Waals surface area contributed by atoms with Crippen LogP contribution in [0.1, 0.15) is 47.1 Å². The highest BCUT2D eigenvalue weighted by atomic mass is 16.3. The van der Waals surface area contributed by atoms with Crippen LogP contribution < -0.4 is 0 Å². The monoisotopic (exact) mass is 262 g/mol. The summed E-state index contributed by atoms with van der Waals surface area (Å²) in [5.74, 6) is -0.112. The molecule has 0 amide bonds. The molecule has 1 aromatic carbocycles. The largest absolute Gasteiger partial charge is 0.381 e. The Hall–Kier alpha value is -1.15. The number of benzene rings is 1. The van der Waals surface area contributed by atoms with Gasteiger partial charge >= 0.3 is 0 Å². The van der Waals surface area contributed by atoms with Gasteiger partial charge in [-0.3, -0.25) is 4.79 Å². The van der Waals surface area contributed by atoms with Crippen molar-refractivity contribution in [1.82, 2.24) is 0 Å². The molecule has 0 spiro atoms. The summed E-state index contributed by atoms with van der Waals surface area (Å²) in [6.45, 7) is 11.5. The number of rotatable bonds is 3. The molecule has 0 bridgehead atoms. The second kappa shape index (κ2) is 5.09. The van der Waals surface area contributed by atoms with Crippen LogP contribution in [-0.2, 0) is 11.2 Å². The Labute approximate surface area is 116 Å². The third-order valence-electron chi connectivity index (χ3n) is 3.78. The number of hydrogen-bond donors (Lipinski definition) is 1. The van der Waals surface area contributed by atoms with Crippen molar-refractivity contribution in [2.45, 2.75) is 53.6 Å². The van der Waals surface area contributed by atoms with Crippen molar-refractivity contribution in [3.8, 4) is 0 Å². The van der Waals surface area contributed by atoms with E-state index in [0.717, 1.165) is 5.56 Å². The number of hydrogen-bond acceptors (Lipinski definition) is 2. The molecule has 0 aliphatic rings. The summed E-state index contributed by atoms with van der Waals surface area (Å²) in [6.07, 6.45) is 0.270. The number of aliphatic hydroxyl groups is 1. The Morgan fingerprint density at radius 3 is 1.74 bits per heavy atom. The predicted octanol–water partition coefficient (Wildman–Crippen LogP) is 3.62. The Balaban J connectivity index is 3.11. The molecule has 19 heavy (non-hydrogen) atoms. The van der Waals surface area contributed by atoms with E-state index in [1.54, 1.807) is 0 Å². The standard InChI is InChI=1S/C17H26O2/c1-15(2,3)17(19,16(4,5)6)14(18)12-13-10-8-7-9-11-13/h7-11,19H,12H2,1-6H3. The molecule has 0 aromatic heterocycles. The third-order valence-corrected chi connectivity index (χ3v) is 3.78. The minimum atomic E-state index is -1.35. The van der Waals surface area contributed by atoms with E-state index in [1.165, 1.54) is 0 Å². The lowest BCUT2D eigenvalue weighted by Gasteiger charge is -2.48. The second-order valence-corrected chi connectivity index (χ2v) is 7.30. The van der Waals surface area contributed by atoms with E-state index in [2.05, 4.69) is 0 Å².